The van der Waals surface area contributed by atoms with Gasteiger partial charge in [-0.15, -0.1) is 0 Å². The molecule has 4 N–H and O–H groups in total. The summed E-state index contributed by atoms with van der Waals surface area (Å²) in [4.78, 5) is 33.6. The van der Waals surface area contributed by atoms with Crippen molar-refractivity contribution >= 4 is 33.6 Å². The smallest absolute Gasteiger partial charge is 0.475 e. The number of amides is 1. The second-order valence-corrected chi connectivity index (χ2v) is 10.9. The van der Waals surface area contributed by atoms with Gasteiger partial charge in [0.25, 0.3) is 5.91 Å². The standard InChI is InChI=1S/C20H20F4N8O2S.C2HF3O2/c1-11-6-12(7-25)8-28-15(11)17(33)30-14-5-4-13(21)16(29-14)19(2)10-35(34,27-3)32(18(26)31-19)9-20(22,23)24;3-2(4,5)1(6)7/h4-6,8H,9-10H2,1-3H3,(H2,26,31)(H,29,30,33);(H,6,7)/t19-,35?;/m0./s1. The van der Waals surface area contributed by atoms with Crippen molar-refractivity contribution in [3.8, 4) is 6.07 Å². The van der Waals surface area contributed by atoms with Crippen LogP contribution >= 0.6 is 0 Å². The van der Waals surface area contributed by atoms with Gasteiger partial charge in [-0.25, -0.2) is 37.0 Å². The first-order valence-corrected chi connectivity index (χ1v) is 12.8. The average Bonchev–Trinajstić information content (AvgIpc) is 2.86. The fourth-order valence-electron chi connectivity index (χ4n) is 3.50. The highest BCUT2D eigenvalue weighted by Gasteiger charge is 2.46. The molecule has 20 heteroatoms. The highest BCUT2D eigenvalue weighted by atomic mass is 32.2. The first-order valence-electron chi connectivity index (χ1n) is 11.1. The Balaban J connectivity index is 0.000000782. The fraction of sp³-hybridized carbons (Fsp3) is 0.364. The Morgan fingerprint density at radius 3 is 2.36 bits per heavy atom. The van der Waals surface area contributed by atoms with Crippen LogP contribution in [0.2, 0.25) is 0 Å². The first-order chi connectivity index (χ1) is 19.2. The van der Waals surface area contributed by atoms with E-state index in [1.54, 1.807) is 6.92 Å². The zero-order valence-corrected chi connectivity index (χ0v) is 22.5. The third-order valence-electron chi connectivity index (χ3n) is 5.30. The Bertz CT molecular complexity index is 1580. The van der Waals surface area contributed by atoms with E-state index in [1.165, 1.54) is 19.2 Å². The van der Waals surface area contributed by atoms with Crippen LogP contribution in [0.3, 0.4) is 0 Å². The highest BCUT2D eigenvalue weighted by Crippen LogP contribution is 2.35. The number of rotatable bonds is 4. The number of guanidine groups is 1. The molecule has 0 spiro atoms. The second kappa shape index (κ2) is 12.1. The predicted octanol–water partition coefficient (Wildman–Crippen LogP) is 3.10. The van der Waals surface area contributed by atoms with E-state index in [4.69, 9.17) is 20.9 Å². The van der Waals surface area contributed by atoms with Crippen molar-refractivity contribution in [2.75, 3.05) is 24.7 Å². The van der Waals surface area contributed by atoms with Crippen LogP contribution in [-0.4, -0.2) is 73.1 Å². The maximum atomic E-state index is 14.8. The molecule has 3 heterocycles. The molecular weight excluding hydrogens is 605 g/mol. The molecule has 1 aliphatic rings. The van der Waals surface area contributed by atoms with Crippen molar-refractivity contribution in [1.82, 2.24) is 14.3 Å². The summed E-state index contributed by atoms with van der Waals surface area (Å²) < 4.78 is 103. The minimum atomic E-state index is -5.08. The average molecular weight is 627 g/mol. The molecule has 0 saturated carbocycles. The van der Waals surface area contributed by atoms with Crippen molar-refractivity contribution in [2.45, 2.75) is 31.7 Å². The van der Waals surface area contributed by atoms with Crippen LogP contribution in [0.5, 0.6) is 0 Å². The number of nitrogens with one attached hydrogen (secondary N) is 1. The molecule has 0 saturated heterocycles. The third-order valence-corrected chi connectivity index (χ3v) is 7.81. The van der Waals surface area contributed by atoms with Gasteiger partial charge in [0.1, 0.15) is 51.1 Å². The van der Waals surface area contributed by atoms with E-state index in [0.717, 1.165) is 19.2 Å². The quantitative estimate of drug-likeness (QED) is 0.432. The van der Waals surface area contributed by atoms with Crippen molar-refractivity contribution in [2.24, 2.45) is 15.1 Å². The van der Waals surface area contributed by atoms with E-state index in [0.29, 0.717) is 9.87 Å². The molecule has 2 aromatic heterocycles. The number of carbonyl (C=O) groups is 2. The van der Waals surface area contributed by atoms with E-state index >= 15 is 0 Å². The van der Waals surface area contributed by atoms with Gasteiger partial charge in [0.15, 0.2) is 0 Å². The third kappa shape index (κ3) is 8.02. The lowest BCUT2D eigenvalue weighted by atomic mass is 10.00. The Hall–Kier alpha value is -4.54. The molecule has 1 unspecified atom stereocenters. The molecule has 0 bridgehead atoms. The molecule has 2 aromatic rings. The number of nitrogens with zero attached hydrogens (tertiary/aromatic N) is 6. The summed E-state index contributed by atoms with van der Waals surface area (Å²) in [5.74, 6) is -5.85. The SMILES string of the molecule is CN=S1(=O)C[C@@](C)(c2nc(NC(=O)c3ncc(C#N)cc3C)ccc2F)N=C(N)N1CC(F)(F)F.O=C(O)C(F)(F)F. The van der Waals surface area contributed by atoms with E-state index in [9.17, 15) is 39.7 Å². The van der Waals surface area contributed by atoms with Gasteiger partial charge >= 0.3 is 18.3 Å². The molecule has 12 nitrogen and oxygen atoms in total. The van der Waals surface area contributed by atoms with Gasteiger partial charge in [-0.3, -0.25) is 4.79 Å². The number of aromatic nitrogens is 2. The van der Waals surface area contributed by atoms with Crippen LogP contribution in [-0.2, 0) is 20.2 Å². The number of pyridine rings is 2. The summed E-state index contributed by atoms with van der Waals surface area (Å²) in [6.07, 6.45) is -8.61. The number of nitrogens with two attached hydrogens (primary N) is 1. The van der Waals surface area contributed by atoms with Gasteiger partial charge in [0.05, 0.1) is 11.3 Å². The number of hydrogen-bond donors (Lipinski definition) is 3. The number of hydrogen-bond acceptors (Lipinski definition) is 9. The molecule has 42 heavy (non-hydrogen) atoms. The summed E-state index contributed by atoms with van der Waals surface area (Å²) in [5, 5.41) is 18.5. The number of nitriles is 1. The van der Waals surface area contributed by atoms with Gasteiger partial charge in [0.2, 0.25) is 5.96 Å². The molecule has 3 rings (SSSR count). The zero-order valence-electron chi connectivity index (χ0n) is 21.7. The van der Waals surface area contributed by atoms with E-state index in [2.05, 4.69) is 24.6 Å². The van der Waals surface area contributed by atoms with Gasteiger partial charge in [0, 0.05) is 13.2 Å². The topological polar surface area (TPSA) is 187 Å². The van der Waals surface area contributed by atoms with Crippen molar-refractivity contribution in [3.05, 3.63) is 52.7 Å². The maximum Gasteiger partial charge on any atom is 0.490 e. The molecule has 0 aliphatic carbocycles. The fourth-order valence-corrected chi connectivity index (χ4v) is 5.60. The Morgan fingerprint density at radius 2 is 1.88 bits per heavy atom. The largest absolute Gasteiger partial charge is 0.490 e. The van der Waals surface area contributed by atoms with Crippen LogP contribution in [0.1, 0.15) is 34.2 Å². The van der Waals surface area contributed by atoms with Gasteiger partial charge in [-0.2, -0.15) is 31.6 Å². The number of anilines is 1. The lowest BCUT2D eigenvalue weighted by molar-refractivity contribution is -0.192. The lowest BCUT2D eigenvalue weighted by Crippen LogP contribution is -2.55. The van der Waals surface area contributed by atoms with Crippen molar-refractivity contribution in [3.63, 3.8) is 0 Å². The lowest BCUT2D eigenvalue weighted by Gasteiger charge is -2.38. The first kappa shape index (κ1) is 33.7. The number of aryl methyl sites for hydroxylation is 1. The number of carbonyl (C=O) groups excluding carboxylic acids is 1. The highest BCUT2D eigenvalue weighted by molar-refractivity contribution is 7.92. The zero-order chi connectivity index (χ0) is 32.3. The van der Waals surface area contributed by atoms with Crippen molar-refractivity contribution < 1.29 is 49.6 Å². The Labute approximate surface area is 233 Å². The second-order valence-electron chi connectivity index (χ2n) is 8.61. The summed E-state index contributed by atoms with van der Waals surface area (Å²) in [6, 6.07) is 5.49. The number of alkyl halides is 6. The number of carboxylic acids is 1. The molecule has 0 aromatic carbocycles. The number of carboxylic acid groups (broad SMARTS) is 1. The predicted molar refractivity (Wildman–Crippen MR) is 133 cm³/mol. The van der Waals surface area contributed by atoms with Crippen LogP contribution < -0.4 is 11.1 Å². The van der Waals surface area contributed by atoms with Crippen LogP contribution in [0, 0.1) is 24.1 Å². The van der Waals surface area contributed by atoms with Crippen LogP contribution in [0.15, 0.2) is 33.8 Å². The van der Waals surface area contributed by atoms with Gasteiger partial charge in [-0.05, 0) is 37.6 Å². The summed E-state index contributed by atoms with van der Waals surface area (Å²) in [6.45, 7) is 1.22. The molecular formula is C22H21F7N8O4S. The molecule has 228 valence electrons. The minimum absolute atomic E-state index is 0.00147. The minimum Gasteiger partial charge on any atom is -0.475 e. The van der Waals surface area contributed by atoms with E-state index in [-0.39, 0.29) is 17.1 Å². The van der Waals surface area contributed by atoms with Crippen LogP contribution in [0.4, 0.5) is 36.6 Å². The van der Waals surface area contributed by atoms with Gasteiger partial charge < -0.3 is 16.2 Å². The van der Waals surface area contributed by atoms with Crippen LogP contribution in [0.25, 0.3) is 0 Å². The number of aliphatic imine (C=N–C) groups is 1. The molecule has 2 atom stereocenters. The Morgan fingerprint density at radius 1 is 1.29 bits per heavy atom. The monoisotopic (exact) mass is 626 g/mol. The maximum absolute atomic E-state index is 14.8. The number of aliphatic carboxylic acids is 1. The summed E-state index contributed by atoms with van der Waals surface area (Å²) >= 11 is 0. The Kier molecular flexibility index (Phi) is 9.73. The van der Waals surface area contributed by atoms with Gasteiger partial charge in [-0.1, -0.05) is 0 Å². The molecule has 0 fully saturated rings. The molecule has 1 amide bonds. The molecule has 0 radical (unpaired) electrons. The summed E-state index contributed by atoms with van der Waals surface area (Å²) in [5.41, 5.74) is 4.24. The normalized spacial score (nSPS) is 20.4. The molecule has 1 aliphatic heterocycles. The van der Waals surface area contributed by atoms with E-state index < -0.39 is 69.5 Å². The van der Waals surface area contributed by atoms with Crippen molar-refractivity contribution in [1.29, 1.82) is 5.26 Å². The summed E-state index contributed by atoms with van der Waals surface area (Å²) in [7, 11) is -2.70. The van der Waals surface area contributed by atoms with E-state index in [1.807, 2.05) is 6.07 Å². The number of halogens is 7.